The van der Waals surface area contributed by atoms with Crippen LogP contribution >= 0.6 is 12.2 Å². The molecule has 0 radical (unpaired) electrons. The molecule has 0 fully saturated rings. The maximum Gasteiger partial charge on any atom is 0.415 e. The summed E-state index contributed by atoms with van der Waals surface area (Å²) < 4.78 is 4.53. The van der Waals surface area contributed by atoms with Gasteiger partial charge in [-0.15, -0.1) is 0 Å². The van der Waals surface area contributed by atoms with E-state index in [2.05, 4.69) is 17.0 Å². The van der Waals surface area contributed by atoms with Crippen molar-refractivity contribution in [2.75, 3.05) is 14.1 Å². The quantitative estimate of drug-likeness (QED) is 0.479. The Morgan fingerprint density at radius 1 is 1.56 bits per heavy atom. The van der Waals surface area contributed by atoms with Crippen molar-refractivity contribution < 1.29 is 9.53 Å². The molecule has 0 rings (SSSR count). The van der Waals surface area contributed by atoms with Crippen LogP contribution in [0.4, 0.5) is 4.79 Å². The van der Waals surface area contributed by atoms with Crippen LogP contribution in [0, 0.1) is 0 Å². The van der Waals surface area contributed by atoms with E-state index in [0.717, 1.165) is 0 Å². The van der Waals surface area contributed by atoms with Gasteiger partial charge < -0.3 is 9.64 Å². The molecule has 4 heteroatoms. The first kappa shape index (κ1) is 8.36. The predicted octanol–water partition coefficient (Wildman–Crippen LogP) is 1.03. The molecule has 0 aromatic rings. The van der Waals surface area contributed by atoms with Crippen LogP contribution in [0.25, 0.3) is 0 Å². The van der Waals surface area contributed by atoms with E-state index in [4.69, 9.17) is 0 Å². The highest BCUT2D eigenvalue weighted by Gasteiger charge is 2.03. The lowest BCUT2D eigenvalue weighted by atomic mass is 10.8. The first-order chi connectivity index (χ1) is 4.04. The molecule has 0 heterocycles. The van der Waals surface area contributed by atoms with Crippen molar-refractivity contribution in [2.24, 2.45) is 0 Å². The molecule has 0 spiro atoms. The number of amides is 1. The van der Waals surface area contributed by atoms with Gasteiger partial charge in [-0.1, -0.05) is 0 Å². The van der Waals surface area contributed by atoms with Crippen LogP contribution in [0.3, 0.4) is 0 Å². The smallest absolute Gasteiger partial charge is 0.403 e. The summed E-state index contributed by atoms with van der Waals surface area (Å²) in [5.74, 6) is 0. The number of carbonyl (C=O) groups excluding carboxylic acids is 1. The first-order valence-corrected chi connectivity index (χ1v) is 2.84. The number of thiocarbonyl (C=S) groups is 1. The zero-order valence-electron chi connectivity index (χ0n) is 5.67. The van der Waals surface area contributed by atoms with E-state index >= 15 is 0 Å². The fourth-order valence-corrected chi connectivity index (χ4v) is 0.286. The Bertz CT molecular complexity index is 133. The lowest BCUT2D eigenvalue weighted by Crippen LogP contribution is -2.23. The highest BCUT2D eigenvalue weighted by Crippen LogP contribution is 1.87. The Morgan fingerprint density at radius 3 is 2.11 bits per heavy atom. The number of hydrogen-bond donors (Lipinski definition) is 0. The average molecular weight is 147 g/mol. The van der Waals surface area contributed by atoms with Crippen molar-refractivity contribution in [3.63, 3.8) is 0 Å². The zero-order chi connectivity index (χ0) is 7.44. The topological polar surface area (TPSA) is 29.5 Å². The molecule has 0 saturated heterocycles. The van der Waals surface area contributed by atoms with Gasteiger partial charge in [0, 0.05) is 21.0 Å². The van der Waals surface area contributed by atoms with Gasteiger partial charge in [0.05, 0.1) is 0 Å². The maximum atomic E-state index is 10.6. The second kappa shape index (κ2) is 3.40. The van der Waals surface area contributed by atoms with Gasteiger partial charge in [0.2, 0.25) is 0 Å². The van der Waals surface area contributed by atoms with Gasteiger partial charge in [-0.2, -0.15) is 0 Å². The second-order valence-electron chi connectivity index (χ2n) is 1.75. The molecule has 3 nitrogen and oxygen atoms in total. The second-order valence-corrected chi connectivity index (χ2v) is 2.33. The summed E-state index contributed by atoms with van der Waals surface area (Å²) in [5, 5.41) is 0.244. The molecule has 0 atom stereocenters. The third-order valence-electron chi connectivity index (χ3n) is 0.596. The molecule has 0 aromatic heterocycles. The normalized spacial score (nSPS) is 8.33. The number of hydrogen-bond acceptors (Lipinski definition) is 3. The van der Waals surface area contributed by atoms with Crippen LogP contribution in [0.1, 0.15) is 6.92 Å². The van der Waals surface area contributed by atoms with E-state index in [1.807, 2.05) is 0 Å². The van der Waals surface area contributed by atoms with Crippen LogP contribution in [-0.2, 0) is 4.74 Å². The predicted molar refractivity (Wildman–Crippen MR) is 38.4 cm³/mol. The van der Waals surface area contributed by atoms with E-state index < -0.39 is 6.09 Å². The molecule has 0 aliphatic heterocycles. The van der Waals surface area contributed by atoms with Crippen molar-refractivity contribution in [3.05, 3.63) is 0 Å². The van der Waals surface area contributed by atoms with Crippen LogP contribution < -0.4 is 0 Å². The summed E-state index contributed by atoms with van der Waals surface area (Å²) in [5.41, 5.74) is 0. The molecule has 0 unspecified atom stereocenters. The minimum atomic E-state index is -0.428. The molecule has 0 aliphatic carbocycles. The molecule has 9 heavy (non-hydrogen) atoms. The first-order valence-electron chi connectivity index (χ1n) is 2.43. The minimum absolute atomic E-state index is 0.244. The molecule has 0 N–H and O–H groups in total. The Balaban J connectivity index is 3.64. The van der Waals surface area contributed by atoms with Gasteiger partial charge in [-0.25, -0.2) is 4.79 Å². The fraction of sp³-hybridized carbons (Fsp3) is 0.600. The molecule has 0 aliphatic rings. The maximum absolute atomic E-state index is 10.6. The summed E-state index contributed by atoms with van der Waals surface area (Å²) in [7, 11) is 3.20. The summed E-state index contributed by atoms with van der Waals surface area (Å²) >= 11 is 4.52. The summed E-state index contributed by atoms with van der Waals surface area (Å²) in [6.45, 7) is 1.55. The van der Waals surface area contributed by atoms with E-state index in [-0.39, 0.29) is 5.05 Å². The van der Waals surface area contributed by atoms with Crippen LogP contribution in [0.2, 0.25) is 0 Å². The number of rotatable bonds is 0. The van der Waals surface area contributed by atoms with Gasteiger partial charge in [-0.3, -0.25) is 0 Å². The lowest BCUT2D eigenvalue weighted by molar-refractivity contribution is 0.169. The standard InChI is InChI=1S/C5H9NO2S/c1-4(9)8-5(7)6(2)3/h1-3H3. The monoisotopic (exact) mass is 147 g/mol. The summed E-state index contributed by atoms with van der Waals surface area (Å²) in [6.07, 6.45) is -0.428. The van der Waals surface area contributed by atoms with Gasteiger partial charge in [0.15, 0.2) is 5.05 Å². The van der Waals surface area contributed by atoms with E-state index in [1.165, 1.54) is 4.90 Å². The molecular formula is C5H9NO2S. The van der Waals surface area contributed by atoms with E-state index in [0.29, 0.717) is 0 Å². The number of ether oxygens (including phenoxy) is 1. The average Bonchev–Trinajstić information content (AvgIpc) is 1.63. The highest BCUT2D eigenvalue weighted by atomic mass is 32.1. The highest BCUT2D eigenvalue weighted by molar-refractivity contribution is 7.80. The SMILES string of the molecule is CC(=S)OC(=O)N(C)C. The Morgan fingerprint density at radius 2 is 2.00 bits per heavy atom. The van der Waals surface area contributed by atoms with E-state index in [1.54, 1.807) is 21.0 Å². The molecule has 0 saturated carbocycles. The van der Waals surface area contributed by atoms with Crippen molar-refractivity contribution in [2.45, 2.75) is 6.92 Å². The molecule has 1 amide bonds. The Hall–Kier alpha value is -0.640. The van der Waals surface area contributed by atoms with Crippen LogP contribution in [-0.4, -0.2) is 30.1 Å². The van der Waals surface area contributed by atoms with Gasteiger partial charge in [0.25, 0.3) is 0 Å². The summed E-state index contributed by atoms with van der Waals surface area (Å²) in [4.78, 5) is 11.9. The van der Waals surface area contributed by atoms with Crippen molar-refractivity contribution in [3.8, 4) is 0 Å². The number of nitrogens with zero attached hydrogens (tertiary/aromatic N) is 1. The molecular weight excluding hydrogens is 138 g/mol. The lowest BCUT2D eigenvalue weighted by Gasteiger charge is -2.08. The largest absolute Gasteiger partial charge is 0.415 e. The zero-order valence-corrected chi connectivity index (χ0v) is 6.49. The van der Waals surface area contributed by atoms with Gasteiger partial charge in [0.1, 0.15) is 0 Å². The van der Waals surface area contributed by atoms with Crippen molar-refractivity contribution in [1.29, 1.82) is 0 Å². The van der Waals surface area contributed by atoms with E-state index in [9.17, 15) is 4.79 Å². The third-order valence-corrected chi connectivity index (χ3v) is 0.680. The minimum Gasteiger partial charge on any atom is -0.403 e. The van der Waals surface area contributed by atoms with Crippen molar-refractivity contribution in [1.82, 2.24) is 4.90 Å². The molecule has 0 bridgehead atoms. The number of carbonyl (C=O) groups is 1. The Labute approximate surface area is 59.6 Å². The van der Waals surface area contributed by atoms with Gasteiger partial charge >= 0.3 is 6.09 Å². The molecule has 52 valence electrons. The van der Waals surface area contributed by atoms with Crippen LogP contribution in [0.15, 0.2) is 0 Å². The van der Waals surface area contributed by atoms with Crippen molar-refractivity contribution >= 4 is 23.4 Å². The molecule has 0 aromatic carbocycles. The fourth-order valence-electron chi connectivity index (χ4n) is 0.214. The van der Waals surface area contributed by atoms with Crippen LogP contribution in [0.5, 0.6) is 0 Å². The van der Waals surface area contributed by atoms with Gasteiger partial charge in [-0.05, 0) is 12.2 Å². The Kier molecular flexibility index (Phi) is 3.16. The summed E-state index contributed by atoms with van der Waals surface area (Å²) in [6, 6.07) is 0. The third kappa shape index (κ3) is 3.90.